The maximum absolute atomic E-state index is 11.7. The van der Waals surface area contributed by atoms with Crippen LogP contribution in [0.3, 0.4) is 0 Å². The van der Waals surface area contributed by atoms with E-state index in [4.69, 9.17) is 16.7 Å². The molecule has 0 bridgehead atoms. The van der Waals surface area contributed by atoms with Crippen molar-refractivity contribution in [2.75, 3.05) is 12.3 Å². The van der Waals surface area contributed by atoms with E-state index in [-0.39, 0.29) is 35.0 Å². The monoisotopic (exact) mass is 321 g/mol. The third kappa shape index (κ3) is 5.51. The van der Waals surface area contributed by atoms with Crippen LogP contribution in [-0.2, 0) is 10.0 Å². The van der Waals surface area contributed by atoms with Gasteiger partial charge in [-0.1, -0.05) is 11.6 Å². The van der Waals surface area contributed by atoms with E-state index < -0.39 is 20.9 Å². The normalized spacial score (nSPS) is 11.1. The quantitative estimate of drug-likeness (QED) is 0.451. The lowest BCUT2D eigenvalue weighted by atomic mass is 10.2. The Hall–Kier alpha value is -1.71. The number of benzene rings is 1. The number of carbonyl (C=O) groups excluding carboxylic acids is 1. The number of nitrogens with one attached hydrogen (secondary N) is 1. The van der Waals surface area contributed by atoms with Gasteiger partial charge in [-0.3, -0.25) is 14.9 Å². The highest BCUT2D eigenvalue weighted by Crippen LogP contribution is 2.20. The van der Waals surface area contributed by atoms with E-state index in [2.05, 4.69) is 5.32 Å². The number of nitro benzene ring substituents is 1. The molecule has 0 unspecified atom stereocenters. The van der Waals surface area contributed by atoms with Crippen LogP contribution in [0.2, 0.25) is 5.02 Å². The summed E-state index contributed by atoms with van der Waals surface area (Å²) in [6, 6.07) is 3.49. The number of carbonyl (C=O) groups is 1. The number of amides is 1. The number of nitrogens with zero attached hydrogens (tertiary/aromatic N) is 1. The van der Waals surface area contributed by atoms with E-state index in [1.807, 2.05) is 0 Å². The van der Waals surface area contributed by atoms with Crippen LogP contribution in [0, 0.1) is 10.1 Å². The van der Waals surface area contributed by atoms with Gasteiger partial charge in [0.2, 0.25) is 10.0 Å². The number of primary sulfonamides is 1. The molecule has 0 saturated carbocycles. The van der Waals surface area contributed by atoms with Gasteiger partial charge in [0.15, 0.2) is 0 Å². The zero-order valence-electron chi connectivity index (χ0n) is 10.2. The average Bonchev–Trinajstić information content (AvgIpc) is 2.32. The van der Waals surface area contributed by atoms with Crippen molar-refractivity contribution in [2.24, 2.45) is 5.14 Å². The van der Waals surface area contributed by atoms with Gasteiger partial charge in [-0.25, -0.2) is 13.6 Å². The Morgan fingerprint density at radius 3 is 2.60 bits per heavy atom. The zero-order chi connectivity index (χ0) is 15.3. The summed E-state index contributed by atoms with van der Waals surface area (Å²) in [5.74, 6) is -0.840. The van der Waals surface area contributed by atoms with E-state index in [1.54, 1.807) is 0 Å². The van der Waals surface area contributed by atoms with Gasteiger partial charge in [0, 0.05) is 29.3 Å². The molecule has 1 aromatic carbocycles. The minimum Gasteiger partial charge on any atom is -0.352 e. The molecule has 1 rings (SSSR count). The molecule has 110 valence electrons. The first-order valence-corrected chi connectivity index (χ1v) is 7.52. The fraction of sp³-hybridized carbons (Fsp3) is 0.300. The van der Waals surface area contributed by atoms with Crippen LogP contribution in [0.1, 0.15) is 16.8 Å². The van der Waals surface area contributed by atoms with Crippen LogP contribution >= 0.6 is 11.6 Å². The summed E-state index contributed by atoms with van der Waals surface area (Å²) in [4.78, 5) is 21.7. The minimum absolute atomic E-state index is 0.0276. The molecule has 3 N–H and O–H groups in total. The largest absolute Gasteiger partial charge is 0.352 e. The summed E-state index contributed by atoms with van der Waals surface area (Å²) in [5, 5.41) is 17.9. The number of sulfonamides is 1. The van der Waals surface area contributed by atoms with Gasteiger partial charge in [0.05, 0.1) is 10.7 Å². The van der Waals surface area contributed by atoms with Crippen molar-refractivity contribution in [3.63, 3.8) is 0 Å². The second-order valence-corrected chi connectivity index (χ2v) is 6.10. The summed E-state index contributed by atoms with van der Waals surface area (Å²) in [6.45, 7) is 0.0789. The molecule has 0 aromatic heterocycles. The van der Waals surface area contributed by atoms with Gasteiger partial charge in [-0.15, -0.1) is 0 Å². The number of hydrogen-bond donors (Lipinski definition) is 2. The van der Waals surface area contributed by atoms with Crippen LogP contribution in [0.15, 0.2) is 18.2 Å². The highest BCUT2D eigenvalue weighted by atomic mass is 35.5. The maximum atomic E-state index is 11.7. The molecular formula is C10H12ClN3O5S. The Balaban J connectivity index is 2.66. The van der Waals surface area contributed by atoms with Gasteiger partial charge >= 0.3 is 0 Å². The SMILES string of the molecule is NS(=O)(=O)CCCNC(=O)c1cc(Cl)cc([N+](=O)[O-])c1. The summed E-state index contributed by atoms with van der Waals surface area (Å²) in [7, 11) is -3.57. The van der Waals surface area contributed by atoms with E-state index >= 15 is 0 Å². The predicted octanol–water partition coefficient (Wildman–Crippen LogP) is 0.657. The second kappa shape index (κ2) is 6.64. The first kappa shape index (κ1) is 16.3. The summed E-state index contributed by atoms with van der Waals surface area (Å²) >= 11 is 5.68. The van der Waals surface area contributed by atoms with E-state index in [9.17, 15) is 23.3 Å². The first-order chi connectivity index (χ1) is 9.19. The van der Waals surface area contributed by atoms with Crippen molar-refractivity contribution in [3.8, 4) is 0 Å². The first-order valence-electron chi connectivity index (χ1n) is 5.43. The van der Waals surface area contributed by atoms with E-state index in [0.29, 0.717) is 0 Å². The molecule has 0 fully saturated rings. The lowest BCUT2D eigenvalue weighted by molar-refractivity contribution is -0.384. The minimum atomic E-state index is -3.57. The molecule has 0 heterocycles. The highest BCUT2D eigenvalue weighted by Gasteiger charge is 2.13. The lowest BCUT2D eigenvalue weighted by Gasteiger charge is -2.05. The van der Waals surface area contributed by atoms with Crippen LogP contribution in [-0.4, -0.2) is 31.5 Å². The van der Waals surface area contributed by atoms with Crippen LogP contribution < -0.4 is 10.5 Å². The molecule has 1 aromatic rings. The van der Waals surface area contributed by atoms with E-state index in [0.717, 1.165) is 12.1 Å². The van der Waals surface area contributed by atoms with Crippen molar-refractivity contribution in [2.45, 2.75) is 6.42 Å². The topological polar surface area (TPSA) is 132 Å². The number of non-ortho nitro benzene ring substituents is 1. The van der Waals surface area contributed by atoms with Crippen molar-refractivity contribution >= 4 is 33.2 Å². The molecule has 0 aliphatic carbocycles. The summed E-state index contributed by atoms with van der Waals surface area (Å²) < 4.78 is 21.4. The fourth-order valence-corrected chi connectivity index (χ4v) is 2.16. The molecule has 8 nitrogen and oxygen atoms in total. The molecule has 10 heteroatoms. The third-order valence-corrected chi connectivity index (χ3v) is 3.32. The fourth-order valence-electron chi connectivity index (χ4n) is 1.39. The summed E-state index contributed by atoms with van der Waals surface area (Å²) in [5.41, 5.74) is -0.271. The molecule has 0 aliphatic rings. The van der Waals surface area contributed by atoms with E-state index in [1.165, 1.54) is 6.07 Å². The van der Waals surface area contributed by atoms with Crippen molar-refractivity contribution in [1.82, 2.24) is 5.32 Å². The maximum Gasteiger partial charge on any atom is 0.271 e. The Bertz CT molecular complexity index is 632. The Morgan fingerprint density at radius 1 is 1.40 bits per heavy atom. The smallest absolute Gasteiger partial charge is 0.271 e. The number of rotatable bonds is 6. The molecular weight excluding hydrogens is 310 g/mol. The Labute approximate surface area is 120 Å². The molecule has 0 atom stereocenters. The van der Waals surface area contributed by atoms with Crippen molar-refractivity contribution < 1.29 is 18.1 Å². The standard InChI is InChI=1S/C10H12ClN3O5S/c11-8-4-7(5-9(6-8)14(16)17)10(15)13-2-1-3-20(12,18)19/h4-6H,1-3H2,(H,13,15)(H2,12,18,19). The number of nitrogens with two attached hydrogens (primary N) is 1. The van der Waals surface area contributed by atoms with Crippen LogP contribution in [0.25, 0.3) is 0 Å². The zero-order valence-corrected chi connectivity index (χ0v) is 11.8. The highest BCUT2D eigenvalue weighted by molar-refractivity contribution is 7.89. The molecule has 0 spiro atoms. The van der Waals surface area contributed by atoms with Crippen molar-refractivity contribution in [3.05, 3.63) is 38.9 Å². The van der Waals surface area contributed by atoms with Gasteiger partial charge in [-0.2, -0.15) is 0 Å². The molecule has 20 heavy (non-hydrogen) atoms. The number of hydrogen-bond acceptors (Lipinski definition) is 5. The van der Waals surface area contributed by atoms with Gasteiger partial charge in [0.1, 0.15) is 0 Å². The lowest BCUT2D eigenvalue weighted by Crippen LogP contribution is -2.27. The Kier molecular flexibility index (Phi) is 5.43. The second-order valence-electron chi connectivity index (χ2n) is 3.93. The number of nitro groups is 1. The van der Waals surface area contributed by atoms with Crippen molar-refractivity contribution in [1.29, 1.82) is 0 Å². The molecule has 0 saturated heterocycles. The third-order valence-electron chi connectivity index (χ3n) is 2.25. The van der Waals surface area contributed by atoms with Gasteiger partial charge in [0.25, 0.3) is 11.6 Å². The predicted molar refractivity (Wildman–Crippen MR) is 73.0 cm³/mol. The average molecular weight is 322 g/mol. The molecule has 1 amide bonds. The molecule has 0 radical (unpaired) electrons. The summed E-state index contributed by atoms with van der Waals surface area (Å²) in [6.07, 6.45) is 0.146. The van der Waals surface area contributed by atoms with Gasteiger partial charge in [-0.05, 0) is 12.5 Å². The van der Waals surface area contributed by atoms with Gasteiger partial charge < -0.3 is 5.32 Å². The van der Waals surface area contributed by atoms with Crippen LogP contribution in [0.4, 0.5) is 5.69 Å². The number of halogens is 1. The Morgan fingerprint density at radius 2 is 2.05 bits per heavy atom. The molecule has 0 aliphatic heterocycles. The van der Waals surface area contributed by atoms with Crippen LogP contribution in [0.5, 0.6) is 0 Å².